The highest BCUT2D eigenvalue weighted by Crippen LogP contribution is 2.28. The van der Waals surface area contributed by atoms with Gasteiger partial charge >= 0.3 is 5.97 Å². The lowest BCUT2D eigenvalue weighted by Gasteiger charge is -2.24. The van der Waals surface area contributed by atoms with Gasteiger partial charge in [0.25, 0.3) is 5.82 Å². The van der Waals surface area contributed by atoms with Gasteiger partial charge in [-0.25, -0.2) is 9.48 Å². The van der Waals surface area contributed by atoms with Crippen LogP contribution in [0.5, 0.6) is 0 Å². The van der Waals surface area contributed by atoms with Crippen molar-refractivity contribution in [3.05, 3.63) is 41.2 Å². The van der Waals surface area contributed by atoms with Crippen LogP contribution in [0.1, 0.15) is 34.2 Å². The molecule has 1 aromatic carbocycles. The van der Waals surface area contributed by atoms with Gasteiger partial charge in [0.15, 0.2) is 0 Å². The van der Waals surface area contributed by atoms with E-state index in [2.05, 4.69) is 45.3 Å². The van der Waals surface area contributed by atoms with Gasteiger partial charge in [-0.1, -0.05) is 29.8 Å². The highest BCUT2D eigenvalue weighted by molar-refractivity contribution is 5.85. The molecule has 104 valence electrons. The monoisotopic (exact) mass is 272 g/mol. The number of aromatic nitrogens is 3. The Morgan fingerprint density at radius 1 is 1.50 bits per heavy atom. The summed E-state index contributed by atoms with van der Waals surface area (Å²) in [7, 11) is 1.33. The summed E-state index contributed by atoms with van der Waals surface area (Å²) in [6.45, 7) is 2.87. The molecule has 6 nitrogen and oxygen atoms in total. The Hall–Kier alpha value is -2.37. The number of carbonyl (C=O) groups is 1. The van der Waals surface area contributed by atoms with E-state index in [1.807, 2.05) is 6.07 Å². The lowest BCUT2D eigenvalue weighted by molar-refractivity contribution is 0.0586. The summed E-state index contributed by atoms with van der Waals surface area (Å²) < 4.78 is 6.44. The molecule has 0 fully saturated rings. The summed E-state index contributed by atoms with van der Waals surface area (Å²) in [4.78, 5) is 15.7. The molecule has 6 heteroatoms. The molecule has 1 unspecified atom stereocenters. The van der Waals surface area contributed by atoms with E-state index in [1.165, 1.54) is 18.2 Å². The molecule has 1 aliphatic heterocycles. The number of ether oxygens (including phenoxy) is 1. The number of hydrogen-bond donors (Lipinski definition) is 1. The molecule has 1 atom stereocenters. The maximum atomic E-state index is 11.5. The normalized spacial score (nSPS) is 17.2. The van der Waals surface area contributed by atoms with Gasteiger partial charge in [-0.15, -0.1) is 5.10 Å². The predicted octanol–water partition coefficient (Wildman–Crippen LogP) is 1.78. The molecule has 0 amide bonds. The summed E-state index contributed by atoms with van der Waals surface area (Å²) in [5.74, 6) is 0.189. The zero-order valence-corrected chi connectivity index (χ0v) is 11.5. The zero-order chi connectivity index (χ0) is 14.1. The fraction of sp³-hybridized carbons (Fsp3) is 0.357. The molecule has 20 heavy (non-hydrogen) atoms. The van der Waals surface area contributed by atoms with Crippen LogP contribution >= 0.6 is 0 Å². The van der Waals surface area contributed by atoms with Gasteiger partial charge in [-0.05, 0) is 18.9 Å². The Labute approximate surface area is 116 Å². The third-order valence-electron chi connectivity index (χ3n) is 3.42. The van der Waals surface area contributed by atoms with Crippen molar-refractivity contribution in [3.8, 4) is 0 Å². The van der Waals surface area contributed by atoms with E-state index in [1.54, 1.807) is 4.68 Å². The van der Waals surface area contributed by atoms with Crippen molar-refractivity contribution in [2.75, 3.05) is 19.0 Å². The van der Waals surface area contributed by atoms with Crippen LogP contribution in [0.25, 0.3) is 0 Å². The second kappa shape index (κ2) is 4.96. The van der Waals surface area contributed by atoms with Crippen LogP contribution in [0, 0.1) is 6.92 Å². The second-order valence-corrected chi connectivity index (χ2v) is 4.84. The van der Waals surface area contributed by atoms with Crippen molar-refractivity contribution < 1.29 is 9.53 Å². The number of aryl methyl sites for hydroxylation is 1. The fourth-order valence-electron chi connectivity index (χ4n) is 2.47. The number of methoxy groups -OCH3 is 1. The first kappa shape index (κ1) is 12.7. The minimum absolute atomic E-state index is 0.0922. The van der Waals surface area contributed by atoms with Crippen LogP contribution < -0.4 is 5.32 Å². The summed E-state index contributed by atoms with van der Waals surface area (Å²) in [5.41, 5.74) is 2.38. The molecular formula is C14H16N4O2. The number of nitrogens with one attached hydrogen (secondary N) is 1. The van der Waals surface area contributed by atoms with Crippen molar-refractivity contribution in [2.45, 2.75) is 19.4 Å². The predicted molar refractivity (Wildman–Crippen MR) is 73.8 cm³/mol. The standard InChI is InChI=1S/C14H16N4O2/c1-9-4-3-5-10(8-9)11-6-7-15-14-16-12(13(19)20-2)17-18(11)14/h3-5,8,11H,6-7H2,1-2H3,(H,15,16,17). The highest BCUT2D eigenvalue weighted by Gasteiger charge is 2.26. The third kappa shape index (κ3) is 2.13. The Morgan fingerprint density at radius 2 is 2.35 bits per heavy atom. The first-order valence-electron chi connectivity index (χ1n) is 6.54. The average Bonchev–Trinajstić information content (AvgIpc) is 2.90. The van der Waals surface area contributed by atoms with Crippen molar-refractivity contribution >= 4 is 11.9 Å². The molecule has 0 spiro atoms. The first-order chi connectivity index (χ1) is 9.69. The molecule has 0 radical (unpaired) electrons. The lowest BCUT2D eigenvalue weighted by atomic mass is 10.0. The van der Waals surface area contributed by atoms with Crippen molar-refractivity contribution in [2.24, 2.45) is 0 Å². The smallest absolute Gasteiger partial charge is 0.378 e. The molecule has 0 saturated heterocycles. The molecular weight excluding hydrogens is 256 g/mol. The van der Waals surface area contributed by atoms with Crippen molar-refractivity contribution in [1.29, 1.82) is 0 Å². The number of esters is 1. The van der Waals surface area contributed by atoms with E-state index in [0.29, 0.717) is 5.95 Å². The second-order valence-electron chi connectivity index (χ2n) is 4.84. The Morgan fingerprint density at radius 3 is 3.10 bits per heavy atom. The Balaban J connectivity index is 2.01. The van der Waals surface area contributed by atoms with Crippen molar-refractivity contribution in [1.82, 2.24) is 14.8 Å². The average molecular weight is 272 g/mol. The largest absolute Gasteiger partial charge is 0.463 e. The van der Waals surface area contributed by atoms with Crippen molar-refractivity contribution in [3.63, 3.8) is 0 Å². The molecule has 2 heterocycles. The molecule has 1 aromatic heterocycles. The van der Waals surface area contributed by atoms with Crippen LogP contribution in [0.15, 0.2) is 24.3 Å². The van der Waals surface area contributed by atoms with Gasteiger partial charge in [0.2, 0.25) is 5.95 Å². The number of anilines is 1. The van der Waals surface area contributed by atoms with Crippen LogP contribution in [-0.4, -0.2) is 34.4 Å². The maximum absolute atomic E-state index is 11.5. The van der Waals surface area contributed by atoms with Gasteiger partial charge in [0.05, 0.1) is 13.2 Å². The topological polar surface area (TPSA) is 69.0 Å². The minimum Gasteiger partial charge on any atom is -0.463 e. The van der Waals surface area contributed by atoms with E-state index in [0.717, 1.165) is 13.0 Å². The van der Waals surface area contributed by atoms with E-state index in [4.69, 9.17) is 0 Å². The SMILES string of the molecule is COC(=O)c1nc2n(n1)C(c1cccc(C)c1)CCN2. The van der Waals surface area contributed by atoms with Gasteiger partial charge in [-0.2, -0.15) is 4.98 Å². The van der Waals surface area contributed by atoms with E-state index >= 15 is 0 Å². The molecule has 3 rings (SSSR count). The fourth-order valence-corrected chi connectivity index (χ4v) is 2.47. The van der Waals surface area contributed by atoms with Gasteiger partial charge < -0.3 is 10.1 Å². The molecule has 0 saturated carbocycles. The number of nitrogens with zero attached hydrogens (tertiary/aromatic N) is 3. The lowest BCUT2D eigenvalue weighted by Crippen LogP contribution is -2.24. The first-order valence-corrected chi connectivity index (χ1v) is 6.54. The molecule has 1 N–H and O–H groups in total. The number of hydrogen-bond acceptors (Lipinski definition) is 5. The highest BCUT2D eigenvalue weighted by atomic mass is 16.5. The van der Waals surface area contributed by atoms with Gasteiger partial charge in [-0.3, -0.25) is 0 Å². The van der Waals surface area contributed by atoms with Crippen LogP contribution in [0.3, 0.4) is 0 Å². The molecule has 2 aromatic rings. The quantitative estimate of drug-likeness (QED) is 0.844. The summed E-state index contributed by atoms with van der Waals surface area (Å²) >= 11 is 0. The van der Waals surface area contributed by atoms with Crippen LogP contribution in [-0.2, 0) is 4.74 Å². The number of rotatable bonds is 2. The van der Waals surface area contributed by atoms with Crippen LogP contribution in [0.2, 0.25) is 0 Å². The number of carbonyl (C=O) groups excluding carboxylic acids is 1. The Kier molecular flexibility index (Phi) is 3.14. The zero-order valence-electron chi connectivity index (χ0n) is 11.5. The number of fused-ring (bicyclic) bond motifs is 1. The van der Waals surface area contributed by atoms with Gasteiger partial charge in [0.1, 0.15) is 0 Å². The van der Waals surface area contributed by atoms with Gasteiger partial charge in [0, 0.05) is 6.54 Å². The number of benzene rings is 1. The third-order valence-corrected chi connectivity index (χ3v) is 3.42. The van der Waals surface area contributed by atoms with E-state index < -0.39 is 5.97 Å². The minimum atomic E-state index is -0.517. The summed E-state index contributed by atoms with van der Waals surface area (Å²) in [6.07, 6.45) is 0.903. The maximum Gasteiger partial charge on any atom is 0.378 e. The summed E-state index contributed by atoms with van der Waals surface area (Å²) in [6, 6.07) is 8.40. The van der Waals surface area contributed by atoms with Crippen LogP contribution in [0.4, 0.5) is 5.95 Å². The van der Waals surface area contributed by atoms with E-state index in [-0.39, 0.29) is 11.9 Å². The summed E-state index contributed by atoms with van der Waals surface area (Å²) in [5, 5.41) is 7.44. The molecule has 0 aliphatic carbocycles. The Bertz CT molecular complexity index is 650. The molecule has 1 aliphatic rings. The van der Waals surface area contributed by atoms with E-state index in [9.17, 15) is 4.79 Å². The molecule has 0 bridgehead atoms.